The Labute approximate surface area is 124 Å². The van der Waals surface area contributed by atoms with E-state index in [9.17, 15) is 14.9 Å². The van der Waals surface area contributed by atoms with Crippen LogP contribution < -0.4 is 10.2 Å². The third-order valence-corrected chi connectivity index (χ3v) is 4.19. The highest BCUT2D eigenvalue weighted by Gasteiger charge is 2.27. The summed E-state index contributed by atoms with van der Waals surface area (Å²) in [5.74, 6) is -0.0736. The van der Waals surface area contributed by atoms with Crippen LogP contribution in [-0.2, 0) is 4.79 Å². The van der Waals surface area contributed by atoms with Gasteiger partial charge in [-0.2, -0.15) is 0 Å². The molecule has 1 fully saturated rings. The SMILES string of the molecule is Cc1ccc([N+](=O)[O-])cc1NC(=O)[C@@H](C)[NH+]1CCCCC1. The summed E-state index contributed by atoms with van der Waals surface area (Å²) in [6.07, 6.45) is 3.55. The lowest BCUT2D eigenvalue weighted by Crippen LogP contribution is -3.17. The van der Waals surface area contributed by atoms with E-state index in [0.717, 1.165) is 31.5 Å². The van der Waals surface area contributed by atoms with E-state index in [0.29, 0.717) is 5.69 Å². The summed E-state index contributed by atoms with van der Waals surface area (Å²) in [6.45, 7) is 5.78. The van der Waals surface area contributed by atoms with Gasteiger partial charge in [0.05, 0.1) is 23.7 Å². The van der Waals surface area contributed by atoms with Crippen molar-refractivity contribution in [3.8, 4) is 0 Å². The Morgan fingerprint density at radius 3 is 2.62 bits per heavy atom. The highest BCUT2D eigenvalue weighted by molar-refractivity contribution is 5.94. The molecule has 0 bridgehead atoms. The molecule has 114 valence electrons. The van der Waals surface area contributed by atoms with Crippen molar-refractivity contribution in [1.82, 2.24) is 0 Å². The fourth-order valence-electron chi connectivity index (χ4n) is 2.72. The van der Waals surface area contributed by atoms with Crippen molar-refractivity contribution in [2.75, 3.05) is 18.4 Å². The van der Waals surface area contributed by atoms with Gasteiger partial charge >= 0.3 is 0 Å². The summed E-state index contributed by atoms with van der Waals surface area (Å²) in [5.41, 5.74) is 1.35. The minimum absolute atomic E-state index is 0.00567. The second-order valence-corrected chi connectivity index (χ2v) is 5.69. The molecule has 6 nitrogen and oxygen atoms in total. The summed E-state index contributed by atoms with van der Waals surface area (Å²) in [7, 11) is 0. The van der Waals surface area contributed by atoms with Crippen LogP contribution in [0.3, 0.4) is 0 Å². The highest BCUT2D eigenvalue weighted by atomic mass is 16.6. The third kappa shape index (κ3) is 3.78. The zero-order valence-electron chi connectivity index (χ0n) is 12.5. The molecule has 2 rings (SSSR count). The minimum atomic E-state index is -0.450. The van der Waals surface area contributed by atoms with Crippen molar-refractivity contribution >= 4 is 17.3 Å². The van der Waals surface area contributed by atoms with Gasteiger partial charge in [0.25, 0.3) is 11.6 Å². The Morgan fingerprint density at radius 1 is 1.33 bits per heavy atom. The molecule has 1 atom stereocenters. The standard InChI is InChI=1S/C15H21N3O3/c1-11-6-7-13(18(20)21)10-14(11)16-15(19)12(2)17-8-4-3-5-9-17/h6-7,10,12H,3-5,8-9H2,1-2H3,(H,16,19)/p+1/t12-/m1/s1. The fraction of sp³-hybridized carbons (Fsp3) is 0.533. The second-order valence-electron chi connectivity index (χ2n) is 5.69. The van der Waals surface area contributed by atoms with Gasteiger partial charge < -0.3 is 10.2 Å². The van der Waals surface area contributed by atoms with Crippen LogP contribution in [0.4, 0.5) is 11.4 Å². The van der Waals surface area contributed by atoms with Crippen LogP contribution in [0.2, 0.25) is 0 Å². The predicted octanol–water partition coefficient (Wildman–Crippen LogP) is 1.30. The van der Waals surface area contributed by atoms with Crippen LogP contribution in [0.25, 0.3) is 0 Å². The Hall–Kier alpha value is -1.95. The lowest BCUT2D eigenvalue weighted by atomic mass is 10.1. The number of anilines is 1. The summed E-state index contributed by atoms with van der Waals surface area (Å²) >= 11 is 0. The lowest BCUT2D eigenvalue weighted by molar-refractivity contribution is -0.918. The lowest BCUT2D eigenvalue weighted by Gasteiger charge is -2.28. The highest BCUT2D eigenvalue weighted by Crippen LogP contribution is 2.21. The van der Waals surface area contributed by atoms with E-state index >= 15 is 0 Å². The van der Waals surface area contributed by atoms with Gasteiger partial charge in [-0.15, -0.1) is 0 Å². The molecule has 0 unspecified atom stereocenters. The van der Waals surface area contributed by atoms with E-state index in [4.69, 9.17) is 0 Å². The van der Waals surface area contributed by atoms with E-state index in [-0.39, 0.29) is 17.6 Å². The number of quaternary nitrogens is 1. The van der Waals surface area contributed by atoms with E-state index < -0.39 is 4.92 Å². The number of carbonyl (C=O) groups excluding carboxylic acids is 1. The first-order valence-electron chi connectivity index (χ1n) is 7.39. The molecule has 2 N–H and O–H groups in total. The number of hydrogen-bond donors (Lipinski definition) is 2. The zero-order valence-corrected chi connectivity index (χ0v) is 12.5. The first kappa shape index (κ1) is 15.4. The van der Waals surface area contributed by atoms with Gasteiger partial charge in [0, 0.05) is 12.1 Å². The molecular weight excluding hydrogens is 270 g/mol. The smallest absolute Gasteiger partial charge is 0.282 e. The monoisotopic (exact) mass is 292 g/mol. The van der Waals surface area contributed by atoms with Gasteiger partial charge in [0.1, 0.15) is 0 Å². The molecule has 1 aliphatic rings. The number of non-ortho nitro benzene ring substituents is 1. The molecule has 1 aliphatic heterocycles. The van der Waals surface area contributed by atoms with Crippen LogP contribution >= 0.6 is 0 Å². The number of nitrogens with one attached hydrogen (secondary N) is 2. The fourth-order valence-corrected chi connectivity index (χ4v) is 2.72. The van der Waals surface area contributed by atoms with E-state index in [1.54, 1.807) is 6.07 Å². The molecule has 21 heavy (non-hydrogen) atoms. The maximum atomic E-state index is 12.3. The zero-order chi connectivity index (χ0) is 15.4. The summed E-state index contributed by atoms with van der Waals surface area (Å²) in [5, 5.41) is 13.7. The van der Waals surface area contributed by atoms with Crippen molar-refractivity contribution in [1.29, 1.82) is 0 Å². The molecule has 1 heterocycles. The molecule has 6 heteroatoms. The number of benzene rings is 1. The molecular formula is C15H22N3O3+. The normalized spacial score (nSPS) is 17.2. The largest absolute Gasteiger partial charge is 0.325 e. The van der Waals surface area contributed by atoms with Crippen LogP contribution in [0.15, 0.2) is 18.2 Å². The molecule has 1 aromatic rings. The molecule has 1 aromatic carbocycles. The number of rotatable bonds is 4. The van der Waals surface area contributed by atoms with Gasteiger partial charge in [-0.05, 0) is 38.7 Å². The number of carbonyl (C=O) groups is 1. The quantitative estimate of drug-likeness (QED) is 0.648. The van der Waals surface area contributed by atoms with E-state index in [2.05, 4.69) is 5.32 Å². The molecule has 0 aliphatic carbocycles. The number of nitrogens with zero attached hydrogens (tertiary/aromatic N) is 1. The molecule has 1 amide bonds. The average Bonchev–Trinajstić information content (AvgIpc) is 2.49. The van der Waals surface area contributed by atoms with Gasteiger partial charge in [-0.25, -0.2) is 0 Å². The van der Waals surface area contributed by atoms with Gasteiger partial charge in [-0.1, -0.05) is 6.07 Å². The van der Waals surface area contributed by atoms with Crippen LogP contribution in [0.5, 0.6) is 0 Å². The number of aryl methyl sites for hydroxylation is 1. The maximum absolute atomic E-state index is 12.3. The second kappa shape index (κ2) is 6.67. The van der Waals surface area contributed by atoms with Gasteiger partial charge in [-0.3, -0.25) is 14.9 Å². The third-order valence-electron chi connectivity index (χ3n) is 4.19. The van der Waals surface area contributed by atoms with Crippen molar-refractivity contribution < 1.29 is 14.6 Å². The Kier molecular flexibility index (Phi) is 4.90. The van der Waals surface area contributed by atoms with E-state index in [1.807, 2.05) is 13.8 Å². The number of amides is 1. The Balaban J connectivity index is 2.07. The number of hydrogen-bond acceptors (Lipinski definition) is 3. The van der Waals surface area contributed by atoms with Crippen molar-refractivity contribution in [3.63, 3.8) is 0 Å². The van der Waals surface area contributed by atoms with Crippen LogP contribution in [-0.4, -0.2) is 30.0 Å². The predicted molar refractivity (Wildman–Crippen MR) is 80.5 cm³/mol. The maximum Gasteiger partial charge on any atom is 0.282 e. The first-order chi connectivity index (χ1) is 9.99. The Morgan fingerprint density at radius 2 is 2.00 bits per heavy atom. The summed E-state index contributed by atoms with van der Waals surface area (Å²) in [4.78, 5) is 24.0. The summed E-state index contributed by atoms with van der Waals surface area (Å²) < 4.78 is 0. The first-order valence-corrected chi connectivity index (χ1v) is 7.39. The number of nitro groups is 1. The summed E-state index contributed by atoms with van der Waals surface area (Å²) in [6, 6.07) is 4.39. The van der Waals surface area contributed by atoms with Crippen molar-refractivity contribution in [2.45, 2.75) is 39.2 Å². The van der Waals surface area contributed by atoms with Crippen LogP contribution in [0, 0.1) is 17.0 Å². The Bertz CT molecular complexity index is 539. The number of piperidine rings is 1. The molecule has 0 saturated carbocycles. The molecule has 0 aromatic heterocycles. The van der Waals surface area contributed by atoms with E-state index in [1.165, 1.54) is 23.5 Å². The van der Waals surface area contributed by atoms with Gasteiger partial charge in [0.2, 0.25) is 0 Å². The van der Waals surface area contributed by atoms with Crippen molar-refractivity contribution in [3.05, 3.63) is 33.9 Å². The average molecular weight is 292 g/mol. The molecule has 0 radical (unpaired) electrons. The molecule has 0 spiro atoms. The number of likely N-dealkylation sites (tertiary alicyclic amines) is 1. The van der Waals surface area contributed by atoms with Gasteiger partial charge in [0.15, 0.2) is 6.04 Å². The molecule has 1 saturated heterocycles. The van der Waals surface area contributed by atoms with Crippen LogP contribution in [0.1, 0.15) is 31.7 Å². The van der Waals surface area contributed by atoms with Crippen molar-refractivity contribution in [2.24, 2.45) is 0 Å². The minimum Gasteiger partial charge on any atom is -0.325 e. The number of nitro benzene ring substituents is 1. The topological polar surface area (TPSA) is 76.7 Å².